The maximum absolute atomic E-state index is 13.1. The van der Waals surface area contributed by atoms with E-state index in [0.717, 1.165) is 34.1 Å². The zero-order chi connectivity index (χ0) is 15.4. The van der Waals surface area contributed by atoms with Crippen molar-refractivity contribution in [3.8, 4) is 11.3 Å². The van der Waals surface area contributed by atoms with Crippen LogP contribution >= 0.6 is 11.3 Å². The van der Waals surface area contributed by atoms with Gasteiger partial charge in [-0.05, 0) is 80.5 Å². The summed E-state index contributed by atoms with van der Waals surface area (Å²) in [5.41, 5.74) is 2.23. The van der Waals surface area contributed by atoms with Gasteiger partial charge in [-0.2, -0.15) is 0 Å². The number of hydrogen-bond acceptors (Lipinski definition) is 3. The molecule has 4 saturated carbocycles. The molecule has 0 amide bonds. The van der Waals surface area contributed by atoms with Crippen molar-refractivity contribution < 1.29 is 4.39 Å². The average molecular weight is 328 g/mol. The quantitative estimate of drug-likeness (QED) is 0.823. The Morgan fingerprint density at radius 1 is 1.00 bits per heavy atom. The van der Waals surface area contributed by atoms with E-state index in [9.17, 15) is 4.39 Å². The molecule has 0 saturated heterocycles. The van der Waals surface area contributed by atoms with Crippen LogP contribution in [0.4, 0.5) is 9.52 Å². The first-order chi connectivity index (χ1) is 11.2. The summed E-state index contributed by atoms with van der Waals surface area (Å²) in [5, 5.41) is 6.93. The molecule has 4 heteroatoms. The Labute approximate surface area is 140 Å². The fourth-order valence-corrected chi connectivity index (χ4v) is 6.41. The SMILES string of the molecule is Fc1ccc(-c2csc(NC34CC5CC(CC(C5)C3)C4)n2)cc1. The Balaban J connectivity index is 1.38. The van der Waals surface area contributed by atoms with Gasteiger partial charge in [-0.15, -0.1) is 11.3 Å². The van der Waals surface area contributed by atoms with Gasteiger partial charge in [0.15, 0.2) is 5.13 Å². The highest BCUT2D eigenvalue weighted by atomic mass is 32.1. The highest BCUT2D eigenvalue weighted by Gasteiger charge is 2.51. The first-order valence-electron chi connectivity index (χ1n) is 8.67. The lowest BCUT2D eigenvalue weighted by molar-refractivity contribution is 0.0107. The van der Waals surface area contributed by atoms with Crippen LogP contribution in [0.25, 0.3) is 11.3 Å². The van der Waals surface area contributed by atoms with Gasteiger partial charge in [0.1, 0.15) is 5.82 Å². The standard InChI is InChI=1S/C19H21FN2S/c20-16-3-1-15(2-4-16)17-11-23-18(21-17)22-19-8-12-5-13(9-19)7-14(6-12)10-19/h1-4,11-14H,5-10H2,(H,21,22). The molecule has 0 radical (unpaired) electrons. The van der Waals surface area contributed by atoms with Gasteiger partial charge in [0, 0.05) is 16.5 Å². The highest BCUT2D eigenvalue weighted by molar-refractivity contribution is 7.14. The summed E-state index contributed by atoms with van der Waals surface area (Å²) in [5.74, 6) is 2.61. The number of halogens is 1. The molecular weight excluding hydrogens is 307 g/mol. The lowest BCUT2D eigenvalue weighted by atomic mass is 9.53. The summed E-state index contributed by atoms with van der Waals surface area (Å²) in [6.45, 7) is 0. The molecule has 0 spiro atoms. The molecule has 4 bridgehead atoms. The Morgan fingerprint density at radius 3 is 2.22 bits per heavy atom. The molecule has 4 aliphatic carbocycles. The third kappa shape index (κ3) is 2.47. The molecule has 1 heterocycles. The summed E-state index contributed by atoms with van der Waals surface area (Å²) in [6.07, 6.45) is 8.35. The number of anilines is 1. The smallest absolute Gasteiger partial charge is 0.183 e. The molecule has 120 valence electrons. The number of nitrogens with one attached hydrogen (secondary N) is 1. The minimum Gasteiger partial charge on any atom is -0.356 e. The van der Waals surface area contributed by atoms with Crippen molar-refractivity contribution in [3.05, 3.63) is 35.5 Å². The molecule has 2 nitrogen and oxygen atoms in total. The van der Waals surface area contributed by atoms with Crippen LogP contribution in [0, 0.1) is 23.6 Å². The van der Waals surface area contributed by atoms with Crippen molar-refractivity contribution in [2.75, 3.05) is 5.32 Å². The van der Waals surface area contributed by atoms with Gasteiger partial charge < -0.3 is 5.32 Å². The van der Waals surface area contributed by atoms with Crippen molar-refractivity contribution in [3.63, 3.8) is 0 Å². The minimum absolute atomic E-state index is 0.198. The van der Waals surface area contributed by atoms with Gasteiger partial charge >= 0.3 is 0 Å². The van der Waals surface area contributed by atoms with Crippen LogP contribution in [0.15, 0.2) is 29.6 Å². The predicted octanol–water partition coefficient (Wildman–Crippen LogP) is 5.33. The number of thiazole rings is 1. The van der Waals surface area contributed by atoms with Crippen LogP contribution in [0.2, 0.25) is 0 Å². The zero-order valence-corrected chi connectivity index (χ0v) is 13.9. The van der Waals surface area contributed by atoms with E-state index >= 15 is 0 Å². The summed E-state index contributed by atoms with van der Waals surface area (Å²) in [7, 11) is 0. The van der Waals surface area contributed by atoms with Crippen molar-refractivity contribution >= 4 is 16.5 Å². The van der Waals surface area contributed by atoms with Gasteiger partial charge in [0.05, 0.1) is 5.69 Å². The second-order valence-electron chi connectivity index (χ2n) is 7.87. The van der Waals surface area contributed by atoms with Crippen molar-refractivity contribution in [2.24, 2.45) is 17.8 Å². The third-order valence-corrected chi connectivity index (χ3v) is 6.81. The maximum Gasteiger partial charge on any atom is 0.183 e. The maximum atomic E-state index is 13.1. The average Bonchev–Trinajstić information content (AvgIpc) is 2.94. The van der Waals surface area contributed by atoms with Crippen LogP contribution in [-0.4, -0.2) is 10.5 Å². The van der Waals surface area contributed by atoms with Crippen molar-refractivity contribution in [2.45, 2.75) is 44.1 Å². The molecule has 1 aromatic carbocycles. The van der Waals surface area contributed by atoms with Gasteiger partial charge in [-0.1, -0.05) is 0 Å². The third-order valence-electron chi connectivity index (χ3n) is 6.05. The molecule has 0 atom stereocenters. The normalized spacial score (nSPS) is 34.7. The monoisotopic (exact) mass is 328 g/mol. The summed E-state index contributed by atoms with van der Waals surface area (Å²) >= 11 is 1.68. The van der Waals surface area contributed by atoms with Crippen molar-refractivity contribution in [1.82, 2.24) is 4.98 Å². The molecule has 0 unspecified atom stereocenters. The molecule has 1 N–H and O–H groups in total. The molecule has 2 aromatic rings. The largest absolute Gasteiger partial charge is 0.356 e. The fourth-order valence-electron chi connectivity index (χ4n) is 5.57. The summed E-state index contributed by atoms with van der Waals surface area (Å²) in [6, 6.07) is 6.61. The molecule has 4 fully saturated rings. The molecular formula is C19H21FN2S. The molecule has 4 aliphatic rings. The van der Waals surface area contributed by atoms with E-state index in [1.807, 2.05) is 0 Å². The second kappa shape index (κ2) is 5.04. The topological polar surface area (TPSA) is 24.9 Å². The van der Waals surface area contributed by atoms with E-state index in [4.69, 9.17) is 4.98 Å². The van der Waals surface area contributed by atoms with Crippen LogP contribution in [-0.2, 0) is 0 Å². The van der Waals surface area contributed by atoms with Gasteiger partial charge in [-0.3, -0.25) is 0 Å². The van der Waals surface area contributed by atoms with E-state index in [2.05, 4.69) is 10.7 Å². The first kappa shape index (κ1) is 14.0. The van der Waals surface area contributed by atoms with E-state index in [-0.39, 0.29) is 5.82 Å². The van der Waals surface area contributed by atoms with Gasteiger partial charge in [0.25, 0.3) is 0 Å². The lowest BCUT2D eigenvalue weighted by Gasteiger charge is -2.56. The molecule has 0 aliphatic heterocycles. The van der Waals surface area contributed by atoms with Crippen molar-refractivity contribution in [1.29, 1.82) is 0 Å². The first-order valence-corrected chi connectivity index (χ1v) is 9.55. The fraction of sp³-hybridized carbons (Fsp3) is 0.526. The molecule has 6 rings (SSSR count). The van der Waals surface area contributed by atoms with E-state index < -0.39 is 0 Å². The van der Waals surface area contributed by atoms with E-state index in [1.165, 1.54) is 50.7 Å². The lowest BCUT2D eigenvalue weighted by Crippen LogP contribution is -2.54. The molecule has 23 heavy (non-hydrogen) atoms. The minimum atomic E-state index is -0.198. The Kier molecular flexibility index (Phi) is 3.06. The number of hydrogen-bond donors (Lipinski definition) is 1. The van der Waals surface area contributed by atoms with Gasteiger partial charge in [-0.25, -0.2) is 9.37 Å². The Bertz CT molecular complexity index is 686. The predicted molar refractivity (Wildman–Crippen MR) is 92.0 cm³/mol. The van der Waals surface area contributed by atoms with Crippen LogP contribution < -0.4 is 5.32 Å². The molecule has 1 aromatic heterocycles. The highest BCUT2D eigenvalue weighted by Crippen LogP contribution is 2.56. The number of nitrogens with zero attached hydrogens (tertiary/aromatic N) is 1. The van der Waals surface area contributed by atoms with Crippen LogP contribution in [0.1, 0.15) is 38.5 Å². The number of benzene rings is 1. The van der Waals surface area contributed by atoms with E-state index in [0.29, 0.717) is 5.54 Å². The zero-order valence-electron chi connectivity index (χ0n) is 13.1. The van der Waals surface area contributed by atoms with Crippen LogP contribution in [0.5, 0.6) is 0 Å². The summed E-state index contributed by atoms with van der Waals surface area (Å²) in [4.78, 5) is 4.77. The second-order valence-corrected chi connectivity index (χ2v) is 8.73. The van der Waals surface area contributed by atoms with Crippen LogP contribution in [0.3, 0.4) is 0 Å². The summed E-state index contributed by atoms with van der Waals surface area (Å²) < 4.78 is 13.1. The Hall–Kier alpha value is -1.42. The van der Waals surface area contributed by atoms with Gasteiger partial charge in [0.2, 0.25) is 0 Å². The number of rotatable bonds is 3. The van der Waals surface area contributed by atoms with E-state index in [1.54, 1.807) is 23.5 Å². The Morgan fingerprint density at radius 2 is 1.61 bits per heavy atom. The number of aromatic nitrogens is 1.